The maximum absolute atomic E-state index is 11.7. The van der Waals surface area contributed by atoms with Gasteiger partial charge in [0, 0.05) is 6.61 Å². The normalized spacial score (nSPS) is 24.8. The van der Waals surface area contributed by atoms with Crippen LogP contribution in [0.5, 0.6) is 0 Å². The van der Waals surface area contributed by atoms with E-state index in [9.17, 15) is 13.2 Å². The van der Waals surface area contributed by atoms with Crippen molar-refractivity contribution < 1.29 is 23.1 Å². The minimum Gasteiger partial charge on any atom is -0.481 e. The maximum atomic E-state index is 11.7. The molecule has 1 aliphatic heterocycles. The molecule has 2 atom stereocenters. The van der Waals surface area contributed by atoms with Gasteiger partial charge in [-0.3, -0.25) is 4.79 Å². The van der Waals surface area contributed by atoms with Crippen LogP contribution < -0.4 is 0 Å². The summed E-state index contributed by atoms with van der Waals surface area (Å²) in [4.78, 5) is 10.4. The molecule has 14 heavy (non-hydrogen) atoms. The number of hydrogen-bond acceptors (Lipinski definition) is 4. The van der Waals surface area contributed by atoms with Crippen molar-refractivity contribution in [2.75, 3.05) is 13.2 Å². The molecule has 0 aromatic rings. The van der Waals surface area contributed by atoms with Gasteiger partial charge < -0.3 is 9.84 Å². The van der Waals surface area contributed by atoms with Crippen molar-refractivity contribution in [1.29, 1.82) is 0 Å². The molecule has 1 fully saturated rings. The van der Waals surface area contributed by atoms with Crippen LogP contribution in [0, 0.1) is 0 Å². The van der Waals surface area contributed by atoms with Gasteiger partial charge in [-0.2, -0.15) is 0 Å². The van der Waals surface area contributed by atoms with Crippen LogP contribution in [-0.2, 0) is 19.4 Å². The molecule has 1 saturated heterocycles. The zero-order valence-corrected chi connectivity index (χ0v) is 8.79. The molecular weight excluding hydrogens is 208 g/mol. The van der Waals surface area contributed by atoms with Gasteiger partial charge in [0.05, 0.1) is 23.5 Å². The van der Waals surface area contributed by atoms with Crippen LogP contribution >= 0.6 is 0 Å². The Kier molecular flexibility index (Phi) is 3.49. The Hall–Kier alpha value is -0.620. The number of aliphatic carboxylic acids is 1. The molecule has 1 N–H and O–H groups in total. The largest absolute Gasteiger partial charge is 0.481 e. The summed E-state index contributed by atoms with van der Waals surface area (Å²) in [6.45, 7) is 2.08. The van der Waals surface area contributed by atoms with Gasteiger partial charge in [0.1, 0.15) is 0 Å². The lowest BCUT2D eigenvalue weighted by Crippen LogP contribution is -2.32. The minimum atomic E-state index is -3.34. The van der Waals surface area contributed by atoms with Crippen molar-refractivity contribution in [3.63, 3.8) is 0 Å². The van der Waals surface area contributed by atoms with Gasteiger partial charge >= 0.3 is 5.97 Å². The molecule has 0 bridgehead atoms. The highest BCUT2D eigenvalue weighted by atomic mass is 32.2. The van der Waals surface area contributed by atoms with Crippen molar-refractivity contribution in [1.82, 2.24) is 0 Å². The van der Waals surface area contributed by atoms with Crippen molar-refractivity contribution in [2.45, 2.75) is 30.3 Å². The second-order valence-corrected chi connectivity index (χ2v) is 6.13. The van der Waals surface area contributed by atoms with Crippen molar-refractivity contribution in [3.8, 4) is 0 Å². The van der Waals surface area contributed by atoms with Gasteiger partial charge in [0.15, 0.2) is 9.84 Å². The lowest BCUT2D eigenvalue weighted by atomic mass is 10.3. The van der Waals surface area contributed by atoms with Crippen LogP contribution in [-0.4, -0.2) is 43.2 Å². The molecule has 0 aromatic carbocycles. The Bertz CT molecular complexity index is 302. The monoisotopic (exact) mass is 222 g/mol. The second kappa shape index (κ2) is 4.27. The van der Waals surface area contributed by atoms with E-state index >= 15 is 0 Å². The summed E-state index contributed by atoms with van der Waals surface area (Å²) in [5.41, 5.74) is 0. The highest BCUT2D eigenvalue weighted by Crippen LogP contribution is 2.20. The predicted octanol–water partition coefficient (Wildman–Crippen LogP) is 0.0533. The van der Waals surface area contributed by atoms with E-state index in [2.05, 4.69) is 0 Å². The number of carboxylic acid groups (broad SMARTS) is 1. The molecule has 6 heteroatoms. The van der Waals surface area contributed by atoms with Crippen LogP contribution in [0.1, 0.15) is 19.8 Å². The summed E-state index contributed by atoms with van der Waals surface area (Å²) in [5.74, 6) is -1.08. The Morgan fingerprint density at radius 2 is 2.29 bits per heavy atom. The third kappa shape index (κ3) is 2.45. The van der Waals surface area contributed by atoms with E-state index in [1.807, 2.05) is 0 Å². The first kappa shape index (κ1) is 11.5. The Morgan fingerprint density at radius 1 is 1.64 bits per heavy atom. The minimum absolute atomic E-state index is 0.201. The van der Waals surface area contributed by atoms with Crippen LogP contribution in [0.25, 0.3) is 0 Å². The van der Waals surface area contributed by atoms with Crippen LogP contribution in [0.4, 0.5) is 0 Å². The van der Waals surface area contributed by atoms with E-state index in [4.69, 9.17) is 9.84 Å². The number of sulfone groups is 1. The van der Waals surface area contributed by atoms with E-state index < -0.39 is 26.3 Å². The van der Waals surface area contributed by atoms with Gasteiger partial charge in [0.25, 0.3) is 0 Å². The summed E-state index contributed by atoms with van der Waals surface area (Å²) in [6.07, 6.45) is 0.144. The van der Waals surface area contributed by atoms with Gasteiger partial charge in [-0.25, -0.2) is 8.42 Å². The molecule has 1 aliphatic rings. The Balaban J connectivity index is 2.68. The van der Waals surface area contributed by atoms with Crippen LogP contribution in [0.2, 0.25) is 0 Å². The molecule has 0 amide bonds. The fourth-order valence-electron chi connectivity index (χ4n) is 1.46. The molecule has 0 aliphatic carbocycles. The quantitative estimate of drug-likeness (QED) is 0.727. The summed E-state index contributed by atoms with van der Waals surface area (Å²) < 4.78 is 28.4. The van der Waals surface area contributed by atoms with E-state index in [0.717, 1.165) is 0 Å². The Morgan fingerprint density at radius 3 is 2.71 bits per heavy atom. The average molecular weight is 222 g/mol. The van der Waals surface area contributed by atoms with Gasteiger partial charge in [-0.05, 0) is 13.3 Å². The van der Waals surface area contributed by atoms with Crippen LogP contribution in [0.15, 0.2) is 0 Å². The van der Waals surface area contributed by atoms with Crippen molar-refractivity contribution in [3.05, 3.63) is 0 Å². The lowest BCUT2D eigenvalue weighted by Gasteiger charge is -2.14. The highest BCUT2D eigenvalue weighted by molar-refractivity contribution is 7.92. The molecule has 0 saturated carbocycles. The van der Waals surface area contributed by atoms with E-state index in [-0.39, 0.29) is 13.0 Å². The first-order chi connectivity index (χ1) is 6.44. The number of ether oxygens (including phenoxy) is 1. The third-order valence-corrected chi connectivity index (χ3v) is 4.96. The molecular formula is C8H14O5S. The van der Waals surface area contributed by atoms with E-state index in [1.54, 1.807) is 0 Å². The molecule has 0 spiro atoms. The van der Waals surface area contributed by atoms with E-state index in [0.29, 0.717) is 13.0 Å². The topological polar surface area (TPSA) is 80.7 Å². The van der Waals surface area contributed by atoms with E-state index in [1.165, 1.54) is 6.92 Å². The number of rotatable bonds is 4. The molecule has 0 aromatic heterocycles. The molecule has 82 valence electrons. The first-order valence-electron chi connectivity index (χ1n) is 4.47. The second-order valence-electron chi connectivity index (χ2n) is 3.48. The zero-order valence-electron chi connectivity index (χ0n) is 7.97. The standard InChI is InChI=1S/C8H14O5S/c1-6(4-8(9)10)14(11,12)7-2-3-13-5-7/h6-7H,2-5H2,1H3,(H,9,10). The summed E-state index contributed by atoms with van der Waals surface area (Å²) >= 11 is 0. The molecule has 5 nitrogen and oxygen atoms in total. The number of hydrogen-bond donors (Lipinski definition) is 1. The zero-order chi connectivity index (χ0) is 10.8. The summed E-state index contributed by atoms with van der Waals surface area (Å²) in [7, 11) is -3.34. The fraction of sp³-hybridized carbons (Fsp3) is 0.875. The van der Waals surface area contributed by atoms with Crippen molar-refractivity contribution >= 4 is 15.8 Å². The first-order valence-corrected chi connectivity index (χ1v) is 6.07. The van der Waals surface area contributed by atoms with Gasteiger partial charge in [-0.1, -0.05) is 0 Å². The SMILES string of the molecule is CC(CC(=O)O)S(=O)(=O)C1CCOC1. The number of carbonyl (C=O) groups is 1. The van der Waals surface area contributed by atoms with Crippen LogP contribution in [0.3, 0.4) is 0 Å². The van der Waals surface area contributed by atoms with Crippen molar-refractivity contribution in [2.24, 2.45) is 0 Å². The maximum Gasteiger partial charge on any atom is 0.304 e. The van der Waals surface area contributed by atoms with Gasteiger partial charge in [0.2, 0.25) is 0 Å². The lowest BCUT2D eigenvalue weighted by molar-refractivity contribution is -0.136. The smallest absolute Gasteiger partial charge is 0.304 e. The fourth-order valence-corrected chi connectivity index (χ4v) is 3.21. The number of carboxylic acids is 1. The Labute approximate surface area is 83.0 Å². The highest BCUT2D eigenvalue weighted by Gasteiger charge is 2.34. The molecule has 1 rings (SSSR count). The molecule has 0 radical (unpaired) electrons. The molecule has 2 unspecified atom stereocenters. The summed E-state index contributed by atoms with van der Waals surface area (Å²) in [5, 5.41) is 7.15. The van der Waals surface area contributed by atoms with Gasteiger partial charge in [-0.15, -0.1) is 0 Å². The summed E-state index contributed by atoms with van der Waals surface area (Å²) in [6, 6.07) is 0. The average Bonchev–Trinajstić information content (AvgIpc) is 2.54. The predicted molar refractivity (Wildman–Crippen MR) is 49.9 cm³/mol. The third-order valence-electron chi connectivity index (χ3n) is 2.38. The molecule has 1 heterocycles.